The number of rotatable bonds is 0. The Hall–Kier alpha value is -0.880. The predicted molar refractivity (Wildman–Crippen MR) is 54.2 cm³/mol. The molecule has 2 rings (SSSR count). The first-order valence-corrected chi connectivity index (χ1v) is 5.17. The standard InChI is InChI=1S/C8H2Br2N2O2/c9-3-1-5-6(2-4(3)10)12-8(14)7(13)11-5/h1-2H. The summed E-state index contributed by atoms with van der Waals surface area (Å²) in [5.41, 5.74) is 0. The van der Waals surface area contributed by atoms with E-state index in [0.29, 0.717) is 10.7 Å². The lowest BCUT2D eigenvalue weighted by molar-refractivity contribution is -0.135. The summed E-state index contributed by atoms with van der Waals surface area (Å²) < 4.78 is 1.52. The Morgan fingerprint density at radius 3 is 1.57 bits per heavy atom. The third kappa shape index (κ3) is 1.55. The van der Waals surface area contributed by atoms with Crippen molar-refractivity contribution in [1.29, 1.82) is 0 Å². The summed E-state index contributed by atoms with van der Waals surface area (Å²) >= 11 is 6.53. The molecule has 14 heavy (non-hydrogen) atoms. The zero-order valence-electron chi connectivity index (χ0n) is 6.62. The van der Waals surface area contributed by atoms with Crippen LogP contribution < -0.4 is 10.7 Å². The van der Waals surface area contributed by atoms with E-state index in [2.05, 4.69) is 41.8 Å². The molecule has 2 amide bonds. The number of benzene rings is 1. The molecule has 1 heterocycles. The van der Waals surface area contributed by atoms with Gasteiger partial charge in [-0.25, -0.2) is 9.98 Å². The van der Waals surface area contributed by atoms with Crippen LogP contribution in [-0.4, -0.2) is 11.8 Å². The Balaban J connectivity index is 2.87. The number of halogens is 2. The van der Waals surface area contributed by atoms with Crippen LogP contribution in [0.1, 0.15) is 0 Å². The molecule has 1 aliphatic rings. The first kappa shape index (κ1) is 9.67. The highest BCUT2D eigenvalue weighted by Crippen LogP contribution is 2.18. The zero-order valence-corrected chi connectivity index (χ0v) is 9.79. The molecule has 0 radical (unpaired) electrons. The monoisotopic (exact) mass is 316 g/mol. The number of nitrogens with zero attached hydrogens (tertiary/aromatic N) is 2. The SMILES string of the molecule is O=C1N=c2cc(Br)c(Br)cc2=NC1=O. The molecule has 70 valence electrons. The largest absolute Gasteiger partial charge is 0.338 e. The fourth-order valence-electron chi connectivity index (χ4n) is 1.02. The van der Waals surface area contributed by atoms with Crippen molar-refractivity contribution >= 4 is 43.7 Å². The van der Waals surface area contributed by atoms with E-state index < -0.39 is 11.8 Å². The van der Waals surface area contributed by atoms with Crippen LogP contribution in [0.15, 0.2) is 31.1 Å². The highest BCUT2D eigenvalue weighted by molar-refractivity contribution is 9.13. The highest BCUT2D eigenvalue weighted by Gasteiger charge is 2.15. The van der Waals surface area contributed by atoms with Gasteiger partial charge in [-0.15, -0.1) is 0 Å². The Morgan fingerprint density at radius 2 is 1.21 bits per heavy atom. The van der Waals surface area contributed by atoms with Crippen LogP contribution in [0.3, 0.4) is 0 Å². The van der Waals surface area contributed by atoms with E-state index in [9.17, 15) is 9.59 Å². The fraction of sp³-hybridized carbons (Fsp3) is 0. The van der Waals surface area contributed by atoms with E-state index in [1.165, 1.54) is 0 Å². The first-order chi connectivity index (χ1) is 6.58. The van der Waals surface area contributed by atoms with Gasteiger partial charge in [0, 0.05) is 8.95 Å². The summed E-state index contributed by atoms with van der Waals surface area (Å²) in [6.45, 7) is 0. The van der Waals surface area contributed by atoms with Crippen molar-refractivity contribution in [3.63, 3.8) is 0 Å². The first-order valence-electron chi connectivity index (χ1n) is 3.59. The maximum absolute atomic E-state index is 10.9. The van der Waals surface area contributed by atoms with Gasteiger partial charge in [0.25, 0.3) is 0 Å². The van der Waals surface area contributed by atoms with E-state index >= 15 is 0 Å². The molecule has 0 fully saturated rings. The molecular formula is C8H2Br2N2O2. The van der Waals surface area contributed by atoms with Gasteiger partial charge in [-0.2, -0.15) is 0 Å². The van der Waals surface area contributed by atoms with Gasteiger partial charge in [0.1, 0.15) is 0 Å². The molecule has 0 N–H and O–H groups in total. The lowest BCUT2D eigenvalue weighted by atomic mass is 10.3. The molecule has 1 aromatic carbocycles. The Kier molecular flexibility index (Phi) is 2.32. The van der Waals surface area contributed by atoms with E-state index in [4.69, 9.17) is 0 Å². The molecular weight excluding hydrogens is 316 g/mol. The third-order valence-corrected chi connectivity index (χ3v) is 3.49. The predicted octanol–water partition coefficient (Wildman–Crippen LogP) is 0.518. The Labute approximate surface area is 95.0 Å². The average Bonchev–Trinajstić information content (AvgIpc) is 2.11. The van der Waals surface area contributed by atoms with Crippen LogP contribution in [0.4, 0.5) is 0 Å². The summed E-state index contributed by atoms with van der Waals surface area (Å²) in [6, 6.07) is 3.26. The minimum Gasteiger partial charge on any atom is -0.261 e. The van der Waals surface area contributed by atoms with Gasteiger partial charge in [-0.1, -0.05) is 0 Å². The molecule has 0 saturated heterocycles. The smallest absolute Gasteiger partial charge is 0.261 e. The van der Waals surface area contributed by atoms with Crippen molar-refractivity contribution in [2.45, 2.75) is 0 Å². The molecule has 0 saturated carbocycles. The summed E-state index contributed by atoms with van der Waals surface area (Å²) in [4.78, 5) is 29.0. The second-order valence-electron chi connectivity index (χ2n) is 2.59. The van der Waals surface area contributed by atoms with Crippen LogP contribution >= 0.6 is 31.9 Å². The molecule has 1 aromatic rings. The van der Waals surface area contributed by atoms with E-state index in [1.54, 1.807) is 12.1 Å². The molecule has 4 nitrogen and oxygen atoms in total. The maximum Gasteiger partial charge on any atom is 0.338 e. The van der Waals surface area contributed by atoms with Gasteiger partial charge in [-0.05, 0) is 44.0 Å². The third-order valence-electron chi connectivity index (χ3n) is 1.64. The van der Waals surface area contributed by atoms with Gasteiger partial charge < -0.3 is 0 Å². The van der Waals surface area contributed by atoms with Gasteiger partial charge in [0.05, 0.1) is 10.7 Å². The summed E-state index contributed by atoms with van der Waals surface area (Å²) in [7, 11) is 0. The van der Waals surface area contributed by atoms with Gasteiger partial charge in [-0.3, -0.25) is 9.59 Å². The quantitative estimate of drug-likeness (QED) is 0.655. The number of hydrogen-bond donors (Lipinski definition) is 0. The van der Waals surface area contributed by atoms with Gasteiger partial charge >= 0.3 is 11.8 Å². The highest BCUT2D eigenvalue weighted by atomic mass is 79.9. The minimum absolute atomic E-state index is 0.407. The molecule has 0 spiro atoms. The fourth-order valence-corrected chi connectivity index (χ4v) is 1.68. The molecule has 0 aromatic heterocycles. The van der Waals surface area contributed by atoms with Crippen molar-refractivity contribution in [2.24, 2.45) is 9.98 Å². The Bertz CT molecular complexity index is 514. The number of amides is 2. The number of carbonyl (C=O) groups excluding carboxylic acids is 2. The zero-order chi connectivity index (χ0) is 10.3. The number of carbonyl (C=O) groups is 2. The lowest BCUT2D eigenvalue weighted by Crippen LogP contribution is -2.34. The summed E-state index contributed by atoms with van der Waals surface area (Å²) in [5.74, 6) is -1.65. The van der Waals surface area contributed by atoms with Crippen molar-refractivity contribution < 1.29 is 9.59 Å². The van der Waals surface area contributed by atoms with E-state index in [-0.39, 0.29) is 0 Å². The molecule has 6 heteroatoms. The molecule has 0 atom stereocenters. The molecule has 0 unspecified atom stereocenters. The van der Waals surface area contributed by atoms with Gasteiger partial charge in [0.15, 0.2) is 0 Å². The van der Waals surface area contributed by atoms with Crippen LogP contribution in [0.25, 0.3) is 0 Å². The molecule has 0 aliphatic carbocycles. The van der Waals surface area contributed by atoms with Gasteiger partial charge in [0.2, 0.25) is 0 Å². The number of fused-ring (bicyclic) bond motifs is 1. The van der Waals surface area contributed by atoms with Crippen LogP contribution in [0, 0.1) is 0 Å². The van der Waals surface area contributed by atoms with Crippen molar-refractivity contribution in [1.82, 2.24) is 0 Å². The van der Waals surface area contributed by atoms with Crippen molar-refractivity contribution in [3.05, 3.63) is 31.8 Å². The topological polar surface area (TPSA) is 58.9 Å². The van der Waals surface area contributed by atoms with Crippen LogP contribution in [-0.2, 0) is 9.59 Å². The number of hydrogen-bond acceptors (Lipinski definition) is 2. The normalized spacial score (nSPS) is 14.4. The molecule has 0 bridgehead atoms. The van der Waals surface area contributed by atoms with Crippen LogP contribution in [0.2, 0.25) is 0 Å². The van der Waals surface area contributed by atoms with Crippen molar-refractivity contribution in [2.75, 3.05) is 0 Å². The second-order valence-corrected chi connectivity index (χ2v) is 4.30. The molecule has 1 aliphatic heterocycles. The second kappa shape index (κ2) is 3.36. The van der Waals surface area contributed by atoms with Crippen molar-refractivity contribution in [3.8, 4) is 0 Å². The van der Waals surface area contributed by atoms with E-state index in [0.717, 1.165) is 8.95 Å². The average molecular weight is 318 g/mol. The maximum atomic E-state index is 10.9. The van der Waals surface area contributed by atoms with E-state index in [1.807, 2.05) is 0 Å². The Morgan fingerprint density at radius 1 is 0.857 bits per heavy atom. The summed E-state index contributed by atoms with van der Waals surface area (Å²) in [5, 5.41) is 0.814. The van der Waals surface area contributed by atoms with Crippen LogP contribution in [0.5, 0.6) is 0 Å². The lowest BCUT2D eigenvalue weighted by Gasteiger charge is -1.99. The minimum atomic E-state index is -0.827. The summed E-state index contributed by atoms with van der Waals surface area (Å²) in [6.07, 6.45) is 0.